The van der Waals surface area contributed by atoms with E-state index >= 15 is 0 Å². The first-order valence-corrected chi connectivity index (χ1v) is 7.61. The average molecular weight is 338 g/mol. The molecule has 0 fully saturated rings. The zero-order chi connectivity index (χ0) is 16.3. The second-order valence-electron chi connectivity index (χ2n) is 5.23. The second kappa shape index (κ2) is 7.03. The summed E-state index contributed by atoms with van der Waals surface area (Å²) in [5.74, 6) is 0.404. The molecule has 2 rings (SSSR count). The number of nitrogens with one attached hydrogen (secondary N) is 1. The molecule has 5 heteroatoms. The number of halogens is 2. The molecule has 0 radical (unpaired) electrons. The maximum Gasteiger partial charge on any atom is 0.265 e. The number of aryl methyl sites for hydroxylation is 2. The van der Waals surface area contributed by atoms with Gasteiger partial charge in [0.1, 0.15) is 5.75 Å². The summed E-state index contributed by atoms with van der Waals surface area (Å²) < 4.78 is 5.69. The minimum absolute atomic E-state index is 0.266. The highest BCUT2D eigenvalue weighted by atomic mass is 35.5. The number of hydrogen-bond acceptors (Lipinski definition) is 2. The van der Waals surface area contributed by atoms with Crippen molar-refractivity contribution >= 4 is 34.8 Å². The Morgan fingerprint density at radius 3 is 2.09 bits per heavy atom. The van der Waals surface area contributed by atoms with Crippen molar-refractivity contribution in [2.45, 2.75) is 26.9 Å². The van der Waals surface area contributed by atoms with E-state index in [1.807, 2.05) is 32.0 Å². The quantitative estimate of drug-likeness (QED) is 0.850. The molecular formula is C17H17Cl2NO2. The van der Waals surface area contributed by atoms with Crippen LogP contribution in [-0.2, 0) is 4.79 Å². The SMILES string of the molecule is Cc1cc(C)cc(O[C@@H](C)C(=O)Nc2cc(Cl)cc(Cl)c2)c1. The minimum atomic E-state index is -0.640. The van der Waals surface area contributed by atoms with E-state index in [1.165, 1.54) is 0 Å². The molecule has 0 aromatic heterocycles. The summed E-state index contributed by atoms with van der Waals surface area (Å²) in [5, 5.41) is 3.67. The van der Waals surface area contributed by atoms with Gasteiger partial charge in [-0.2, -0.15) is 0 Å². The maximum absolute atomic E-state index is 12.2. The number of hydrogen-bond donors (Lipinski definition) is 1. The van der Waals surface area contributed by atoms with Crippen LogP contribution in [0.1, 0.15) is 18.1 Å². The Labute approximate surface area is 140 Å². The Morgan fingerprint density at radius 1 is 1.00 bits per heavy atom. The fraction of sp³-hybridized carbons (Fsp3) is 0.235. The van der Waals surface area contributed by atoms with Crippen LogP contribution in [0.25, 0.3) is 0 Å². The fourth-order valence-electron chi connectivity index (χ4n) is 2.13. The molecule has 0 spiro atoms. The second-order valence-corrected chi connectivity index (χ2v) is 6.10. The van der Waals surface area contributed by atoms with Crippen molar-refractivity contribution in [1.29, 1.82) is 0 Å². The van der Waals surface area contributed by atoms with Crippen LogP contribution in [0.2, 0.25) is 10.0 Å². The molecule has 0 aliphatic carbocycles. The maximum atomic E-state index is 12.2. The van der Waals surface area contributed by atoms with Gasteiger partial charge >= 0.3 is 0 Å². The fourth-order valence-corrected chi connectivity index (χ4v) is 2.65. The van der Waals surface area contributed by atoms with Crippen molar-refractivity contribution in [3.05, 3.63) is 57.6 Å². The molecule has 0 bridgehead atoms. The van der Waals surface area contributed by atoms with Crippen molar-refractivity contribution in [2.75, 3.05) is 5.32 Å². The molecule has 3 nitrogen and oxygen atoms in total. The summed E-state index contributed by atoms with van der Waals surface area (Å²) >= 11 is 11.8. The molecule has 22 heavy (non-hydrogen) atoms. The van der Waals surface area contributed by atoms with Gasteiger partial charge in [-0.3, -0.25) is 4.79 Å². The van der Waals surface area contributed by atoms with Crippen molar-refractivity contribution in [3.63, 3.8) is 0 Å². The molecule has 0 saturated carbocycles. The van der Waals surface area contributed by atoms with Gasteiger partial charge in [-0.05, 0) is 62.2 Å². The third-order valence-electron chi connectivity index (χ3n) is 3.01. The van der Waals surface area contributed by atoms with Gasteiger partial charge < -0.3 is 10.1 Å². The molecule has 1 N–H and O–H groups in total. The minimum Gasteiger partial charge on any atom is -0.481 e. The summed E-state index contributed by atoms with van der Waals surface area (Å²) in [4.78, 5) is 12.2. The molecule has 0 saturated heterocycles. The van der Waals surface area contributed by atoms with Gasteiger partial charge in [0.25, 0.3) is 5.91 Å². The first-order valence-electron chi connectivity index (χ1n) is 6.85. The third-order valence-corrected chi connectivity index (χ3v) is 3.44. The van der Waals surface area contributed by atoms with Gasteiger partial charge in [0.2, 0.25) is 0 Å². The molecule has 0 unspecified atom stereocenters. The third kappa shape index (κ3) is 4.65. The topological polar surface area (TPSA) is 38.3 Å². The Morgan fingerprint density at radius 2 is 1.55 bits per heavy atom. The molecule has 1 amide bonds. The number of carbonyl (C=O) groups excluding carboxylic acids is 1. The van der Waals surface area contributed by atoms with Gasteiger partial charge in [0, 0.05) is 15.7 Å². The highest BCUT2D eigenvalue weighted by molar-refractivity contribution is 6.35. The van der Waals surface area contributed by atoms with Crippen molar-refractivity contribution < 1.29 is 9.53 Å². The first kappa shape index (κ1) is 16.7. The predicted octanol–water partition coefficient (Wildman–Crippen LogP) is 5.02. The van der Waals surface area contributed by atoms with Crippen molar-refractivity contribution in [2.24, 2.45) is 0 Å². The molecule has 0 aliphatic rings. The summed E-state index contributed by atoms with van der Waals surface area (Å²) in [5.41, 5.74) is 2.71. The standard InChI is InChI=1S/C17H17Cl2NO2/c1-10-4-11(2)6-16(5-10)22-12(3)17(21)20-15-8-13(18)7-14(19)9-15/h4-9,12H,1-3H3,(H,20,21)/t12-/m0/s1. The summed E-state index contributed by atoms with van der Waals surface area (Å²) in [6, 6.07) is 10.7. The highest BCUT2D eigenvalue weighted by Gasteiger charge is 2.15. The molecule has 116 valence electrons. The van der Waals surface area contributed by atoms with Crippen molar-refractivity contribution in [3.8, 4) is 5.75 Å². The van der Waals surface area contributed by atoms with Gasteiger partial charge in [-0.25, -0.2) is 0 Å². The van der Waals surface area contributed by atoms with Crippen LogP contribution in [-0.4, -0.2) is 12.0 Å². The van der Waals surface area contributed by atoms with Crippen LogP contribution in [0.4, 0.5) is 5.69 Å². The Bertz CT molecular complexity index is 661. The number of amides is 1. The lowest BCUT2D eigenvalue weighted by Gasteiger charge is -2.16. The van der Waals surface area contributed by atoms with Gasteiger partial charge in [0.15, 0.2) is 6.10 Å². The lowest BCUT2D eigenvalue weighted by molar-refractivity contribution is -0.122. The summed E-state index contributed by atoms with van der Waals surface area (Å²) in [7, 11) is 0. The predicted molar refractivity (Wildman–Crippen MR) is 91.1 cm³/mol. The number of anilines is 1. The Balaban J connectivity index is 2.05. The summed E-state index contributed by atoms with van der Waals surface area (Å²) in [6.45, 7) is 5.66. The Kier molecular flexibility index (Phi) is 5.33. The van der Waals surface area contributed by atoms with E-state index in [9.17, 15) is 4.79 Å². The van der Waals surface area contributed by atoms with E-state index < -0.39 is 6.10 Å². The average Bonchev–Trinajstić information content (AvgIpc) is 2.35. The molecule has 2 aromatic carbocycles. The van der Waals surface area contributed by atoms with Gasteiger partial charge in [0.05, 0.1) is 0 Å². The van der Waals surface area contributed by atoms with E-state index in [4.69, 9.17) is 27.9 Å². The normalized spacial score (nSPS) is 11.9. The number of benzene rings is 2. The molecular weight excluding hydrogens is 321 g/mol. The number of ether oxygens (including phenoxy) is 1. The van der Waals surface area contributed by atoms with Crippen LogP contribution in [0.15, 0.2) is 36.4 Å². The van der Waals surface area contributed by atoms with Crippen LogP contribution >= 0.6 is 23.2 Å². The lowest BCUT2D eigenvalue weighted by atomic mass is 10.1. The number of rotatable bonds is 4. The van der Waals surface area contributed by atoms with E-state index in [0.717, 1.165) is 11.1 Å². The highest BCUT2D eigenvalue weighted by Crippen LogP contribution is 2.23. The molecule has 1 atom stereocenters. The zero-order valence-corrected chi connectivity index (χ0v) is 14.1. The lowest BCUT2D eigenvalue weighted by Crippen LogP contribution is -2.30. The van der Waals surface area contributed by atoms with E-state index in [0.29, 0.717) is 21.5 Å². The van der Waals surface area contributed by atoms with Crippen molar-refractivity contribution in [1.82, 2.24) is 0 Å². The van der Waals surface area contributed by atoms with Gasteiger partial charge in [-0.1, -0.05) is 29.3 Å². The van der Waals surface area contributed by atoms with E-state index in [1.54, 1.807) is 25.1 Å². The van der Waals surface area contributed by atoms with Crippen LogP contribution in [0.5, 0.6) is 5.75 Å². The monoisotopic (exact) mass is 337 g/mol. The molecule has 0 aliphatic heterocycles. The zero-order valence-electron chi connectivity index (χ0n) is 12.6. The smallest absolute Gasteiger partial charge is 0.265 e. The van der Waals surface area contributed by atoms with E-state index in [-0.39, 0.29) is 5.91 Å². The molecule has 2 aromatic rings. The summed E-state index contributed by atoms with van der Waals surface area (Å²) in [6.07, 6.45) is -0.640. The van der Waals surface area contributed by atoms with Crippen LogP contribution < -0.4 is 10.1 Å². The van der Waals surface area contributed by atoms with Crippen LogP contribution in [0.3, 0.4) is 0 Å². The first-order chi connectivity index (χ1) is 10.3. The van der Waals surface area contributed by atoms with Crippen LogP contribution in [0, 0.1) is 13.8 Å². The Hall–Kier alpha value is -1.71. The number of carbonyl (C=O) groups is 1. The largest absolute Gasteiger partial charge is 0.481 e. The molecule has 0 heterocycles. The van der Waals surface area contributed by atoms with E-state index in [2.05, 4.69) is 5.32 Å². The van der Waals surface area contributed by atoms with Gasteiger partial charge in [-0.15, -0.1) is 0 Å².